The summed E-state index contributed by atoms with van der Waals surface area (Å²) in [6, 6.07) is 77.2. The average Bonchev–Trinajstić information content (AvgIpc) is 3.91. The van der Waals surface area contributed by atoms with Gasteiger partial charge in [-0.2, -0.15) is 0 Å². The van der Waals surface area contributed by atoms with E-state index in [-0.39, 0.29) is 35.4 Å². The van der Waals surface area contributed by atoms with Gasteiger partial charge in [-0.3, -0.25) is 0 Å². The fourth-order valence-electron chi connectivity index (χ4n) is 9.71. The van der Waals surface area contributed by atoms with E-state index in [1.54, 1.807) is 11.3 Å². The third-order valence-electron chi connectivity index (χ3n) is 12.7. The minimum Gasteiger partial charge on any atom is -0.310 e. The van der Waals surface area contributed by atoms with Crippen LogP contribution in [0.4, 0.5) is 17.1 Å². The third-order valence-corrected chi connectivity index (χ3v) is 13.8. The first-order valence-electron chi connectivity index (χ1n) is 23.3. The van der Waals surface area contributed by atoms with Crippen molar-refractivity contribution >= 4 is 48.6 Å². The molecule has 0 amide bonds. The van der Waals surface area contributed by atoms with Crippen LogP contribution in [0.1, 0.15) is 27.7 Å². The van der Waals surface area contributed by atoms with Gasteiger partial charge in [-0.15, -0.1) is 11.3 Å². The van der Waals surface area contributed by atoms with Crippen molar-refractivity contribution in [3.05, 3.63) is 271 Å². The molecule has 1 aliphatic rings. The molecule has 296 valence electrons. The van der Waals surface area contributed by atoms with Crippen molar-refractivity contribution in [1.82, 2.24) is 0 Å². The maximum atomic E-state index is 9.81. The molecule has 0 radical (unpaired) electrons. The van der Waals surface area contributed by atoms with Crippen LogP contribution in [0.15, 0.2) is 249 Å². The number of benzene rings is 10. The van der Waals surface area contributed by atoms with Crippen molar-refractivity contribution in [3.8, 4) is 44.5 Å². The Labute approximate surface area is 378 Å². The van der Waals surface area contributed by atoms with Crippen LogP contribution in [-0.4, -0.2) is 0 Å². The molecule has 63 heavy (non-hydrogen) atoms. The largest absolute Gasteiger partial charge is 0.310 e. The number of anilines is 3. The highest BCUT2D eigenvalue weighted by atomic mass is 32.1. The van der Waals surface area contributed by atoms with Crippen LogP contribution >= 0.6 is 11.3 Å². The van der Waals surface area contributed by atoms with Gasteiger partial charge in [0, 0.05) is 37.2 Å². The molecule has 11 aromatic rings. The van der Waals surface area contributed by atoms with Gasteiger partial charge in [0.15, 0.2) is 0 Å². The summed E-state index contributed by atoms with van der Waals surface area (Å²) in [4.78, 5) is 1.92. The van der Waals surface area contributed by atoms with E-state index in [9.17, 15) is 5.48 Å². The quantitative estimate of drug-likeness (QED) is 0.148. The van der Waals surface area contributed by atoms with E-state index in [4.69, 9.17) is 0 Å². The van der Waals surface area contributed by atoms with Crippen LogP contribution in [0.25, 0.3) is 64.7 Å². The molecule has 12 rings (SSSR count). The first-order valence-corrected chi connectivity index (χ1v) is 22.2. The maximum Gasteiger partial charge on any atom is 0.0714 e. The normalized spacial score (nSPS) is 13.5. The summed E-state index contributed by atoms with van der Waals surface area (Å²) in [5.74, 6) is 0. The van der Waals surface area contributed by atoms with E-state index in [1.165, 1.54) is 25.7 Å². The first kappa shape index (κ1) is 32.9. The molecule has 10 aromatic carbocycles. The minimum atomic E-state index is -0.686. The van der Waals surface area contributed by atoms with E-state index < -0.39 is 5.41 Å². The standard InChI is InChI=1S/C61H41NS/c1-4-14-42(15-5-1)43-24-26-44(27-25-43)45-28-33-50(34-29-45)62(51-35-30-46(31-36-51)47-32-39-60-56(40-47)55-21-11-13-23-59(55)63-60)52-37-38-54-53-20-10-12-22-57(53)61(58(54)41-52,48-16-6-2-7-17-48)49-18-8-3-9-19-49/h1-41H/i28D,29D,33D,34D. The zero-order valence-electron chi connectivity index (χ0n) is 38.2. The highest BCUT2D eigenvalue weighted by Crippen LogP contribution is 2.57. The van der Waals surface area contributed by atoms with Crippen molar-refractivity contribution in [3.63, 3.8) is 0 Å². The number of fused-ring (bicyclic) bond motifs is 6. The van der Waals surface area contributed by atoms with Gasteiger partial charge in [-0.1, -0.05) is 194 Å². The number of thiophene rings is 1. The third kappa shape index (κ3) is 6.22. The molecule has 1 aromatic heterocycles. The minimum absolute atomic E-state index is 0.0992. The molecule has 0 saturated carbocycles. The Hall–Kier alpha value is -7.78. The number of hydrogen-bond donors (Lipinski definition) is 0. The fraction of sp³-hybridized carbons (Fsp3) is 0.0164. The van der Waals surface area contributed by atoms with E-state index in [0.717, 1.165) is 55.8 Å². The van der Waals surface area contributed by atoms with Gasteiger partial charge in [0.2, 0.25) is 0 Å². The number of rotatable bonds is 8. The lowest BCUT2D eigenvalue weighted by atomic mass is 9.67. The summed E-state index contributed by atoms with van der Waals surface area (Å²) < 4.78 is 41.3. The summed E-state index contributed by atoms with van der Waals surface area (Å²) in [6.45, 7) is 0. The molecular formula is C61H41NS. The molecule has 0 saturated heterocycles. The van der Waals surface area contributed by atoms with E-state index in [1.807, 2.05) is 71.6 Å². The Balaban J connectivity index is 1.06. The molecule has 1 aliphatic carbocycles. The Morgan fingerprint density at radius 2 is 0.841 bits per heavy atom. The maximum absolute atomic E-state index is 9.81. The van der Waals surface area contributed by atoms with E-state index >= 15 is 0 Å². The predicted octanol–water partition coefficient (Wildman–Crippen LogP) is 16.9. The summed E-state index contributed by atoms with van der Waals surface area (Å²) in [5.41, 5.74) is 12.8. The summed E-state index contributed by atoms with van der Waals surface area (Å²) >= 11 is 1.80. The van der Waals surface area contributed by atoms with Gasteiger partial charge < -0.3 is 4.90 Å². The van der Waals surface area contributed by atoms with Crippen molar-refractivity contribution < 1.29 is 5.48 Å². The monoisotopic (exact) mass is 823 g/mol. The molecule has 0 fully saturated rings. The van der Waals surface area contributed by atoms with Crippen molar-refractivity contribution in [2.24, 2.45) is 0 Å². The highest BCUT2D eigenvalue weighted by molar-refractivity contribution is 7.25. The molecule has 0 N–H and O–H groups in total. The average molecular weight is 824 g/mol. The van der Waals surface area contributed by atoms with Gasteiger partial charge in [-0.05, 0) is 121 Å². The van der Waals surface area contributed by atoms with Crippen molar-refractivity contribution in [1.29, 1.82) is 0 Å². The zero-order chi connectivity index (χ0) is 45.2. The first-order chi connectivity index (χ1) is 32.9. The molecule has 0 unspecified atom stereocenters. The fourth-order valence-corrected chi connectivity index (χ4v) is 10.8. The summed E-state index contributed by atoms with van der Waals surface area (Å²) in [6.07, 6.45) is 0. The number of hydrogen-bond acceptors (Lipinski definition) is 2. The Morgan fingerprint density at radius 3 is 1.56 bits per heavy atom. The molecule has 1 heterocycles. The second kappa shape index (κ2) is 15.3. The lowest BCUT2D eigenvalue weighted by molar-refractivity contribution is 0.768. The van der Waals surface area contributed by atoms with Gasteiger partial charge in [0.05, 0.1) is 10.9 Å². The Bertz CT molecular complexity index is 3590. The Morgan fingerprint density at radius 1 is 0.333 bits per heavy atom. The molecular weight excluding hydrogens is 779 g/mol. The van der Waals surface area contributed by atoms with Gasteiger partial charge >= 0.3 is 0 Å². The van der Waals surface area contributed by atoms with E-state index in [2.05, 4.69) is 158 Å². The van der Waals surface area contributed by atoms with Crippen molar-refractivity contribution in [2.45, 2.75) is 5.41 Å². The molecule has 0 spiro atoms. The zero-order valence-corrected chi connectivity index (χ0v) is 35.0. The second-order valence-electron chi connectivity index (χ2n) is 16.1. The van der Waals surface area contributed by atoms with Gasteiger partial charge in [0.25, 0.3) is 0 Å². The van der Waals surface area contributed by atoms with Crippen LogP contribution in [0.3, 0.4) is 0 Å². The summed E-state index contributed by atoms with van der Waals surface area (Å²) in [5, 5.41) is 2.47. The lowest BCUT2D eigenvalue weighted by Crippen LogP contribution is -2.28. The topological polar surface area (TPSA) is 3.24 Å². The van der Waals surface area contributed by atoms with Crippen LogP contribution in [-0.2, 0) is 5.41 Å². The Kier molecular flexibility index (Phi) is 7.99. The van der Waals surface area contributed by atoms with E-state index in [0.29, 0.717) is 11.3 Å². The molecule has 0 bridgehead atoms. The van der Waals surface area contributed by atoms with Crippen molar-refractivity contribution in [2.75, 3.05) is 4.90 Å². The highest BCUT2D eigenvalue weighted by Gasteiger charge is 2.46. The second-order valence-corrected chi connectivity index (χ2v) is 17.2. The van der Waals surface area contributed by atoms with Gasteiger partial charge in [-0.25, -0.2) is 0 Å². The molecule has 1 nitrogen and oxygen atoms in total. The molecule has 0 aliphatic heterocycles. The smallest absolute Gasteiger partial charge is 0.0714 e. The van der Waals surface area contributed by atoms with Gasteiger partial charge in [0.1, 0.15) is 0 Å². The predicted molar refractivity (Wildman–Crippen MR) is 268 cm³/mol. The molecule has 2 heteroatoms. The lowest BCUT2D eigenvalue weighted by Gasteiger charge is -2.35. The van der Waals surface area contributed by atoms with Crippen LogP contribution in [0.2, 0.25) is 0 Å². The van der Waals surface area contributed by atoms with Crippen LogP contribution in [0.5, 0.6) is 0 Å². The summed E-state index contributed by atoms with van der Waals surface area (Å²) in [7, 11) is 0. The van der Waals surface area contributed by atoms with Crippen LogP contribution in [0, 0.1) is 0 Å². The van der Waals surface area contributed by atoms with Crippen LogP contribution < -0.4 is 4.90 Å². The number of nitrogens with zero attached hydrogens (tertiary/aromatic N) is 1. The molecule has 0 atom stereocenters. The SMILES string of the molecule is [2H]c1c([2H])c(N(c2ccc(-c3ccc4sc5ccccc5c4c3)cc2)c2ccc3c(c2)C(c2ccccc2)(c2ccccc2)c2ccccc2-3)c([2H])c([2H])c1-c1ccc(-c2ccccc2)cc1.